The summed E-state index contributed by atoms with van der Waals surface area (Å²) < 4.78 is 0. The van der Waals surface area contributed by atoms with Crippen LogP contribution in [0.5, 0.6) is 11.5 Å². The summed E-state index contributed by atoms with van der Waals surface area (Å²) in [4.78, 5) is 9.31. The van der Waals surface area contributed by atoms with Crippen molar-refractivity contribution in [2.75, 3.05) is 13.1 Å². The van der Waals surface area contributed by atoms with Crippen LogP contribution in [0.2, 0.25) is 0 Å². The second-order valence-electron chi connectivity index (χ2n) is 14.3. The van der Waals surface area contributed by atoms with Gasteiger partial charge in [-0.1, -0.05) is 95.2 Å². The molecule has 0 amide bonds. The summed E-state index contributed by atoms with van der Waals surface area (Å²) in [5.41, 5.74) is 5.84. The van der Waals surface area contributed by atoms with Gasteiger partial charge in [0.15, 0.2) is 0 Å². The van der Waals surface area contributed by atoms with Crippen LogP contribution in [-0.2, 0) is 21.7 Å². The number of phenolic OH excluding ortho intramolecular Hbond substituents is 2. The van der Waals surface area contributed by atoms with Crippen molar-refractivity contribution in [3.8, 4) is 11.5 Å². The summed E-state index contributed by atoms with van der Waals surface area (Å²) >= 11 is 0. The van der Waals surface area contributed by atoms with Crippen LogP contribution in [0.4, 0.5) is 0 Å². The van der Waals surface area contributed by atoms with Crippen molar-refractivity contribution in [3.05, 3.63) is 57.6 Å². The van der Waals surface area contributed by atoms with E-state index in [1.165, 1.54) is 11.1 Å². The van der Waals surface area contributed by atoms with E-state index >= 15 is 0 Å². The first-order valence-electron chi connectivity index (χ1n) is 13.5. The third-order valence-electron chi connectivity index (χ3n) is 6.60. The van der Waals surface area contributed by atoms with E-state index in [9.17, 15) is 10.2 Å². The van der Waals surface area contributed by atoms with Gasteiger partial charge in [0, 0.05) is 25.5 Å². The average molecular weight is 507 g/mol. The Hall–Kier alpha value is -2.62. The molecule has 0 saturated heterocycles. The van der Waals surface area contributed by atoms with Gasteiger partial charge >= 0.3 is 0 Å². The Labute approximate surface area is 226 Å². The highest BCUT2D eigenvalue weighted by Crippen LogP contribution is 2.38. The molecule has 204 valence electrons. The lowest BCUT2D eigenvalue weighted by molar-refractivity contribution is 0.443. The fraction of sp³-hybridized carbons (Fsp3) is 0.576. The van der Waals surface area contributed by atoms with Gasteiger partial charge in [0.05, 0.1) is 0 Å². The quantitative estimate of drug-likeness (QED) is 0.306. The maximum absolute atomic E-state index is 10.7. The Balaban J connectivity index is 2.15. The van der Waals surface area contributed by atoms with E-state index in [4.69, 9.17) is 0 Å². The molecule has 0 fully saturated rings. The van der Waals surface area contributed by atoms with Crippen LogP contribution >= 0.6 is 0 Å². The second kappa shape index (κ2) is 11.0. The molecule has 0 atom stereocenters. The number of benzene rings is 2. The van der Waals surface area contributed by atoms with Crippen molar-refractivity contribution in [1.82, 2.24) is 0 Å². The summed E-state index contributed by atoms with van der Waals surface area (Å²) in [6, 6.07) is 7.97. The zero-order valence-corrected chi connectivity index (χ0v) is 25.4. The first kappa shape index (κ1) is 30.6. The van der Waals surface area contributed by atoms with Gasteiger partial charge in [-0.3, -0.25) is 9.98 Å². The standard InChI is InChI=1S/C33H50N2O2/c1-30(2,3)24-18-26(32(7,8)9)28(36)16-22(24)20-34-14-13-15-35-21-23-17-29(37)27(33(10,11)12)19-25(23)31(4,5)6/h16-21,36-37H,13-15H2,1-12H3. The van der Waals surface area contributed by atoms with Crippen LogP contribution in [0.1, 0.15) is 123 Å². The monoisotopic (exact) mass is 506 g/mol. The van der Waals surface area contributed by atoms with E-state index in [-0.39, 0.29) is 21.7 Å². The minimum atomic E-state index is -0.130. The zero-order valence-electron chi connectivity index (χ0n) is 25.4. The summed E-state index contributed by atoms with van der Waals surface area (Å²) in [6.45, 7) is 27.2. The molecule has 0 unspecified atom stereocenters. The predicted molar refractivity (Wildman–Crippen MR) is 161 cm³/mol. The Morgan fingerprint density at radius 2 is 0.811 bits per heavy atom. The zero-order chi connectivity index (χ0) is 28.4. The Bertz CT molecular complexity index is 1050. The van der Waals surface area contributed by atoms with Gasteiger partial charge in [0.1, 0.15) is 11.5 Å². The number of phenols is 2. The van der Waals surface area contributed by atoms with Crippen LogP contribution in [0.3, 0.4) is 0 Å². The van der Waals surface area contributed by atoms with Gasteiger partial charge in [-0.05, 0) is 73.6 Å². The van der Waals surface area contributed by atoms with Crippen molar-refractivity contribution >= 4 is 12.4 Å². The van der Waals surface area contributed by atoms with Gasteiger partial charge in [-0.2, -0.15) is 0 Å². The van der Waals surface area contributed by atoms with E-state index in [0.717, 1.165) is 28.7 Å². The molecular formula is C33H50N2O2. The summed E-state index contributed by atoms with van der Waals surface area (Å²) in [5.74, 6) is 0.642. The highest BCUT2D eigenvalue weighted by Gasteiger charge is 2.26. The largest absolute Gasteiger partial charge is 0.508 e. The molecule has 0 aromatic heterocycles. The normalized spacial score (nSPS) is 13.7. The number of hydrogen-bond donors (Lipinski definition) is 2. The Kier molecular flexibility index (Phi) is 9.11. The predicted octanol–water partition coefficient (Wildman–Crippen LogP) is 8.22. The van der Waals surface area contributed by atoms with E-state index < -0.39 is 0 Å². The van der Waals surface area contributed by atoms with Gasteiger partial charge in [-0.25, -0.2) is 0 Å². The van der Waals surface area contributed by atoms with E-state index in [0.29, 0.717) is 24.6 Å². The van der Waals surface area contributed by atoms with Crippen LogP contribution in [-0.4, -0.2) is 35.7 Å². The van der Waals surface area contributed by atoms with Crippen LogP contribution in [0, 0.1) is 0 Å². The lowest BCUT2D eigenvalue weighted by atomic mass is 9.78. The Morgan fingerprint density at radius 3 is 1.08 bits per heavy atom. The molecule has 4 heteroatoms. The second-order valence-corrected chi connectivity index (χ2v) is 14.3. The highest BCUT2D eigenvalue weighted by molar-refractivity contribution is 5.84. The van der Waals surface area contributed by atoms with Crippen molar-refractivity contribution in [2.45, 2.75) is 111 Å². The lowest BCUT2D eigenvalue weighted by Gasteiger charge is -2.27. The fourth-order valence-corrected chi connectivity index (χ4v) is 4.50. The highest BCUT2D eigenvalue weighted by atomic mass is 16.3. The van der Waals surface area contributed by atoms with Gasteiger partial charge in [0.25, 0.3) is 0 Å². The number of rotatable bonds is 6. The molecule has 2 aromatic carbocycles. The van der Waals surface area contributed by atoms with Crippen molar-refractivity contribution in [1.29, 1.82) is 0 Å². The SMILES string of the molecule is CC(C)(C)c1cc(C(C)(C)C)c(C=NCCCN=Cc2cc(O)c(C(C)(C)C)cc2C(C)(C)C)cc1O. The maximum atomic E-state index is 10.7. The van der Waals surface area contributed by atoms with Crippen LogP contribution < -0.4 is 0 Å². The van der Waals surface area contributed by atoms with Crippen LogP contribution in [0.25, 0.3) is 0 Å². The topological polar surface area (TPSA) is 65.2 Å². The molecule has 2 N–H and O–H groups in total. The van der Waals surface area contributed by atoms with Crippen molar-refractivity contribution in [3.63, 3.8) is 0 Å². The molecule has 0 spiro atoms. The lowest BCUT2D eigenvalue weighted by Crippen LogP contribution is -2.18. The summed E-state index contributed by atoms with van der Waals surface area (Å²) in [7, 11) is 0. The number of hydrogen-bond acceptors (Lipinski definition) is 4. The van der Waals surface area contributed by atoms with Gasteiger partial charge in [-0.15, -0.1) is 0 Å². The first-order valence-corrected chi connectivity index (χ1v) is 13.5. The molecular weight excluding hydrogens is 456 g/mol. The smallest absolute Gasteiger partial charge is 0.119 e. The van der Waals surface area contributed by atoms with E-state index in [1.807, 2.05) is 24.6 Å². The van der Waals surface area contributed by atoms with Gasteiger partial charge in [0.2, 0.25) is 0 Å². The molecule has 4 nitrogen and oxygen atoms in total. The fourth-order valence-electron chi connectivity index (χ4n) is 4.50. The van der Waals surface area contributed by atoms with Crippen LogP contribution in [0.15, 0.2) is 34.3 Å². The molecule has 37 heavy (non-hydrogen) atoms. The van der Waals surface area contributed by atoms with Gasteiger partial charge < -0.3 is 10.2 Å². The van der Waals surface area contributed by atoms with E-state index in [2.05, 4.69) is 105 Å². The minimum Gasteiger partial charge on any atom is -0.508 e. The third kappa shape index (κ3) is 8.18. The molecule has 0 bridgehead atoms. The average Bonchev–Trinajstić information content (AvgIpc) is 2.69. The molecule has 0 saturated carbocycles. The summed E-state index contributed by atoms with van der Waals surface area (Å²) in [5, 5.41) is 21.3. The maximum Gasteiger partial charge on any atom is 0.119 e. The van der Waals surface area contributed by atoms with E-state index in [1.54, 1.807) is 0 Å². The van der Waals surface area contributed by atoms with Crippen molar-refractivity contribution in [2.24, 2.45) is 9.98 Å². The Morgan fingerprint density at radius 1 is 0.514 bits per heavy atom. The molecule has 0 aliphatic carbocycles. The molecule has 0 aliphatic rings. The number of aliphatic imine (C=N–C) groups is 2. The first-order chi connectivity index (χ1) is 16.7. The van der Waals surface area contributed by atoms with Crippen molar-refractivity contribution < 1.29 is 10.2 Å². The number of aromatic hydroxyl groups is 2. The summed E-state index contributed by atoms with van der Waals surface area (Å²) in [6.07, 6.45) is 4.59. The number of nitrogens with zero attached hydrogens (tertiary/aromatic N) is 2. The molecule has 2 aromatic rings. The minimum absolute atomic E-state index is 0.0573. The molecule has 2 rings (SSSR count). The molecule has 0 aliphatic heterocycles. The third-order valence-corrected chi connectivity index (χ3v) is 6.60. The molecule has 0 radical (unpaired) electrons. The molecule has 0 heterocycles.